The number of fused-ring (bicyclic) bond motifs is 1. The Bertz CT molecular complexity index is 1070. The van der Waals surface area contributed by atoms with Crippen LogP contribution in [0.1, 0.15) is 87.1 Å². The maximum atomic E-state index is 9.69. The van der Waals surface area contributed by atoms with Crippen LogP contribution in [0, 0.1) is 16.7 Å². The second-order valence-corrected chi connectivity index (χ2v) is 11.0. The molecular formula is C29H42N6S. The average molecular weight is 507 g/mol. The number of thiophene rings is 1. The van der Waals surface area contributed by atoms with Gasteiger partial charge in [0.05, 0.1) is 17.8 Å². The van der Waals surface area contributed by atoms with E-state index in [-0.39, 0.29) is 5.92 Å². The second-order valence-electron chi connectivity index (χ2n) is 10.0. The fourth-order valence-electron chi connectivity index (χ4n) is 5.68. The third-order valence-electron chi connectivity index (χ3n) is 7.74. The Kier molecular flexibility index (Phi) is 10.6. The number of nitrogens with one attached hydrogen (secondary N) is 2. The number of aryl methyl sites for hydroxylation is 1. The molecule has 6 nitrogen and oxygen atoms in total. The van der Waals surface area contributed by atoms with Crippen molar-refractivity contribution < 1.29 is 0 Å². The topological polar surface area (TPSA) is 87.6 Å². The van der Waals surface area contributed by atoms with E-state index in [1.54, 1.807) is 18.4 Å². The summed E-state index contributed by atoms with van der Waals surface area (Å²) in [5, 5.41) is 24.3. The van der Waals surface area contributed by atoms with Gasteiger partial charge < -0.3 is 15.6 Å². The van der Waals surface area contributed by atoms with Gasteiger partial charge in [0, 0.05) is 41.0 Å². The number of allylic oxidation sites excluding steroid dienone is 2. The van der Waals surface area contributed by atoms with Crippen LogP contribution in [0.3, 0.4) is 0 Å². The largest absolute Gasteiger partial charge is 0.383 e. The fourth-order valence-corrected chi connectivity index (χ4v) is 6.76. The van der Waals surface area contributed by atoms with Crippen LogP contribution in [0.25, 0.3) is 0 Å². The summed E-state index contributed by atoms with van der Waals surface area (Å²) in [4.78, 5) is 12.1. The van der Waals surface area contributed by atoms with E-state index in [0.29, 0.717) is 24.1 Å². The first kappa shape index (κ1) is 28.0. The fraction of sp³-hybridized carbons (Fsp3) is 0.586. The van der Waals surface area contributed by atoms with Gasteiger partial charge in [0.25, 0.3) is 0 Å². The third-order valence-corrected chi connectivity index (χ3v) is 8.81. The Morgan fingerprint density at radius 3 is 2.81 bits per heavy atom. The molecule has 1 aliphatic carbocycles. The molecule has 36 heavy (non-hydrogen) atoms. The van der Waals surface area contributed by atoms with Gasteiger partial charge in [0.15, 0.2) is 0 Å². The molecule has 7 heteroatoms. The quantitative estimate of drug-likeness (QED) is 0.274. The Hall–Kier alpha value is -2.56. The molecule has 2 aliphatic rings. The molecule has 1 aliphatic heterocycles. The SMILES string of the molecule is C=NC(/C=C(/CCC1CCCN1C)NCC(=N)/C(CCC)=C(\C)C1CCCc2scc(C#N)c21)=NC. The van der Waals surface area contributed by atoms with Gasteiger partial charge in [-0.2, -0.15) is 5.26 Å². The summed E-state index contributed by atoms with van der Waals surface area (Å²) in [6.07, 6.45) is 11.6. The van der Waals surface area contributed by atoms with Crippen LogP contribution in [0.4, 0.5) is 0 Å². The van der Waals surface area contributed by atoms with E-state index >= 15 is 0 Å². The molecule has 0 bridgehead atoms. The maximum Gasteiger partial charge on any atom is 0.147 e. The van der Waals surface area contributed by atoms with E-state index in [0.717, 1.165) is 61.8 Å². The van der Waals surface area contributed by atoms with E-state index in [2.05, 4.69) is 53.9 Å². The van der Waals surface area contributed by atoms with Crippen molar-refractivity contribution in [2.24, 2.45) is 9.98 Å². The molecule has 0 saturated carbocycles. The van der Waals surface area contributed by atoms with Gasteiger partial charge >= 0.3 is 0 Å². The molecule has 2 N–H and O–H groups in total. The molecule has 0 spiro atoms. The molecule has 1 fully saturated rings. The monoisotopic (exact) mass is 506 g/mol. The third kappa shape index (κ3) is 6.80. The summed E-state index contributed by atoms with van der Waals surface area (Å²) in [5.74, 6) is 0.855. The van der Waals surface area contributed by atoms with Crippen LogP contribution >= 0.6 is 11.3 Å². The van der Waals surface area contributed by atoms with Crippen LogP contribution in [0.2, 0.25) is 0 Å². The van der Waals surface area contributed by atoms with Gasteiger partial charge in [-0.25, -0.2) is 4.99 Å². The highest BCUT2D eigenvalue weighted by atomic mass is 32.1. The van der Waals surface area contributed by atoms with Crippen molar-refractivity contribution in [2.45, 2.75) is 83.6 Å². The number of hydrogen-bond acceptors (Lipinski definition) is 6. The molecular weight excluding hydrogens is 464 g/mol. The predicted molar refractivity (Wildman–Crippen MR) is 154 cm³/mol. The van der Waals surface area contributed by atoms with Crippen molar-refractivity contribution in [3.8, 4) is 6.07 Å². The molecule has 194 valence electrons. The minimum absolute atomic E-state index is 0.244. The lowest BCUT2D eigenvalue weighted by atomic mass is 9.78. The number of rotatable bonds is 11. The van der Waals surface area contributed by atoms with Gasteiger partial charge in [0.1, 0.15) is 11.9 Å². The first-order valence-corrected chi connectivity index (χ1v) is 14.2. The van der Waals surface area contributed by atoms with Gasteiger partial charge in [0.2, 0.25) is 0 Å². The van der Waals surface area contributed by atoms with Gasteiger partial charge in [-0.15, -0.1) is 11.3 Å². The van der Waals surface area contributed by atoms with E-state index in [1.807, 2.05) is 11.5 Å². The molecule has 3 rings (SSSR count). The number of amidine groups is 1. The van der Waals surface area contributed by atoms with Crippen molar-refractivity contribution in [1.29, 1.82) is 10.7 Å². The smallest absolute Gasteiger partial charge is 0.147 e. The predicted octanol–water partition coefficient (Wildman–Crippen LogP) is 6.25. The second kappa shape index (κ2) is 13.7. The summed E-state index contributed by atoms with van der Waals surface area (Å²) in [6.45, 7) is 9.66. The van der Waals surface area contributed by atoms with Crippen LogP contribution in [0.5, 0.6) is 0 Å². The Morgan fingerprint density at radius 2 is 2.17 bits per heavy atom. The zero-order valence-electron chi connectivity index (χ0n) is 22.5. The molecule has 1 aromatic heterocycles. The lowest BCUT2D eigenvalue weighted by Crippen LogP contribution is -2.28. The lowest BCUT2D eigenvalue weighted by Gasteiger charge is -2.27. The highest BCUT2D eigenvalue weighted by molar-refractivity contribution is 7.10. The number of aliphatic imine (C=N–C) groups is 2. The zero-order chi connectivity index (χ0) is 26.1. The minimum atomic E-state index is 0.244. The van der Waals surface area contributed by atoms with E-state index in [9.17, 15) is 5.26 Å². The molecule has 1 aromatic rings. The van der Waals surface area contributed by atoms with Crippen LogP contribution in [-0.2, 0) is 6.42 Å². The Balaban J connectivity index is 1.79. The molecule has 0 amide bonds. The Morgan fingerprint density at radius 1 is 1.36 bits per heavy atom. The maximum absolute atomic E-state index is 9.69. The highest BCUT2D eigenvalue weighted by Crippen LogP contribution is 2.43. The molecule has 2 heterocycles. The van der Waals surface area contributed by atoms with Crippen molar-refractivity contribution in [2.75, 3.05) is 27.2 Å². The van der Waals surface area contributed by atoms with E-state index in [1.165, 1.54) is 35.4 Å². The first-order chi connectivity index (χ1) is 17.4. The normalized spacial score (nSPS) is 21.5. The van der Waals surface area contributed by atoms with Gasteiger partial charge in [-0.3, -0.25) is 4.99 Å². The summed E-state index contributed by atoms with van der Waals surface area (Å²) in [7, 11) is 3.94. The van der Waals surface area contributed by atoms with Gasteiger partial charge in [-0.05, 0) is 89.7 Å². The van der Waals surface area contributed by atoms with E-state index in [4.69, 9.17) is 5.41 Å². The summed E-state index contributed by atoms with van der Waals surface area (Å²) in [5.41, 5.74) is 6.15. The highest BCUT2D eigenvalue weighted by Gasteiger charge is 2.28. The van der Waals surface area contributed by atoms with Gasteiger partial charge in [-0.1, -0.05) is 18.9 Å². The summed E-state index contributed by atoms with van der Waals surface area (Å²) in [6, 6.07) is 3.02. The van der Waals surface area contributed by atoms with Crippen molar-refractivity contribution in [1.82, 2.24) is 10.2 Å². The molecule has 2 atom stereocenters. The number of likely N-dealkylation sites (tertiary alicyclic amines) is 1. The summed E-state index contributed by atoms with van der Waals surface area (Å²) < 4.78 is 0. The first-order valence-electron chi connectivity index (χ1n) is 13.3. The standard InChI is InChI=1S/C29H42N6S/c1-6-9-24(20(2)25-11-7-12-27-29(25)21(17-30)19-36-27)26(31)18-34-22(16-28(32-3)33-4)13-14-23-10-8-15-35(23)5/h16,19,23,25,31,34H,3,6-15,18H2,1-2,4-5H3/b22-16-,24-20+,31-26?,33-28?. The average Bonchev–Trinajstić information content (AvgIpc) is 3.51. The van der Waals surface area contributed by atoms with Crippen LogP contribution < -0.4 is 5.32 Å². The molecule has 0 radical (unpaired) electrons. The number of nitriles is 1. The van der Waals surface area contributed by atoms with Crippen LogP contribution in [0.15, 0.2) is 38.3 Å². The molecule has 2 unspecified atom stereocenters. The number of hydrogen-bond donors (Lipinski definition) is 2. The van der Waals surface area contributed by atoms with Crippen molar-refractivity contribution >= 4 is 29.6 Å². The molecule has 1 saturated heterocycles. The lowest BCUT2D eigenvalue weighted by molar-refractivity contribution is 0.295. The Labute approximate surface area is 221 Å². The van der Waals surface area contributed by atoms with E-state index < -0.39 is 0 Å². The number of nitrogens with zero attached hydrogens (tertiary/aromatic N) is 4. The summed E-state index contributed by atoms with van der Waals surface area (Å²) >= 11 is 1.72. The van der Waals surface area contributed by atoms with Crippen molar-refractivity contribution in [3.63, 3.8) is 0 Å². The zero-order valence-corrected chi connectivity index (χ0v) is 23.3. The van der Waals surface area contributed by atoms with Crippen molar-refractivity contribution in [3.05, 3.63) is 44.3 Å². The van der Waals surface area contributed by atoms with Crippen LogP contribution in [-0.4, -0.2) is 56.4 Å². The molecule has 0 aromatic carbocycles. The minimum Gasteiger partial charge on any atom is -0.383 e.